The molecule has 1 aromatic heterocycles. The van der Waals surface area contributed by atoms with Crippen LogP contribution in [0.2, 0.25) is 5.02 Å². The number of hydrogen-bond donors (Lipinski definition) is 2. The Morgan fingerprint density at radius 3 is 2.45 bits per heavy atom. The summed E-state index contributed by atoms with van der Waals surface area (Å²) in [5.74, 6) is 0.435. The van der Waals surface area contributed by atoms with E-state index in [9.17, 15) is 4.79 Å². The number of nitrogens with zero attached hydrogens (tertiary/aromatic N) is 2. The van der Waals surface area contributed by atoms with Crippen LogP contribution in [0, 0.1) is 0 Å². The van der Waals surface area contributed by atoms with Crippen molar-refractivity contribution in [1.29, 1.82) is 0 Å². The van der Waals surface area contributed by atoms with Gasteiger partial charge in [-0.15, -0.1) is 10.2 Å². The van der Waals surface area contributed by atoms with Crippen molar-refractivity contribution < 1.29 is 4.79 Å². The highest BCUT2D eigenvalue weighted by molar-refractivity contribution is 6.30. The summed E-state index contributed by atoms with van der Waals surface area (Å²) < 4.78 is 0. The molecule has 1 aromatic carbocycles. The maximum Gasteiger partial charge on any atom is 0.271 e. The molecule has 116 valence electrons. The number of benzene rings is 1. The maximum absolute atomic E-state index is 12.0. The van der Waals surface area contributed by atoms with Crippen molar-refractivity contribution in [3.8, 4) is 0 Å². The highest BCUT2D eigenvalue weighted by Crippen LogP contribution is 2.09. The Balaban J connectivity index is 1.83. The Bertz CT molecular complexity index is 611. The summed E-state index contributed by atoms with van der Waals surface area (Å²) >= 11 is 5.83. The Labute approximate surface area is 135 Å². The summed E-state index contributed by atoms with van der Waals surface area (Å²) in [6.45, 7) is 4.56. The minimum atomic E-state index is -0.224. The van der Waals surface area contributed by atoms with Gasteiger partial charge in [0, 0.05) is 17.6 Å². The van der Waals surface area contributed by atoms with Gasteiger partial charge in [0.2, 0.25) is 0 Å². The third-order valence-corrected chi connectivity index (χ3v) is 3.20. The smallest absolute Gasteiger partial charge is 0.271 e. The second-order valence-corrected chi connectivity index (χ2v) is 5.67. The molecule has 0 spiro atoms. The van der Waals surface area contributed by atoms with Gasteiger partial charge in [0.1, 0.15) is 5.82 Å². The van der Waals surface area contributed by atoms with Gasteiger partial charge in [0.15, 0.2) is 5.69 Å². The summed E-state index contributed by atoms with van der Waals surface area (Å²) in [7, 11) is 0. The SMILES string of the molecule is CC(C)Nc1ccc(C(=O)NCCc2ccc(Cl)cc2)nn1. The zero-order valence-corrected chi connectivity index (χ0v) is 13.4. The van der Waals surface area contributed by atoms with Crippen molar-refractivity contribution >= 4 is 23.3 Å². The second kappa shape index (κ2) is 7.75. The van der Waals surface area contributed by atoms with Gasteiger partial charge >= 0.3 is 0 Å². The molecule has 5 nitrogen and oxygen atoms in total. The van der Waals surface area contributed by atoms with Crippen LogP contribution in [-0.4, -0.2) is 28.7 Å². The van der Waals surface area contributed by atoms with Gasteiger partial charge < -0.3 is 10.6 Å². The number of rotatable bonds is 6. The van der Waals surface area contributed by atoms with Gasteiger partial charge in [0.25, 0.3) is 5.91 Å². The summed E-state index contributed by atoms with van der Waals surface area (Å²) in [6, 6.07) is 11.3. The van der Waals surface area contributed by atoms with Crippen molar-refractivity contribution in [1.82, 2.24) is 15.5 Å². The van der Waals surface area contributed by atoms with E-state index in [-0.39, 0.29) is 11.9 Å². The first-order valence-corrected chi connectivity index (χ1v) is 7.55. The number of hydrogen-bond acceptors (Lipinski definition) is 4. The number of carbonyl (C=O) groups excluding carboxylic acids is 1. The highest BCUT2D eigenvalue weighted by atomic mass is 35.5. The average Bonchev–Trinajstić information content (AvgIpc) is 2.49. The number of amides is 1. The normalized spacial score (nSPS) is 10.5. The molecular weight excluding hydrogens is 300 g/mol. The number of halogens is 1. The first-order chi connectivity index (χ1) is 10.5. The van der Waals surface area contributed by atoms with E-state index in [0.717, 1.165) is 12.0 Å². The molecule has 2 N–H and O–H groups in total. The summed E-state index contributed by atoms with van der Waals surface area (Å²) in [5.41, 5.74) is 1.43. The lowest BCUT2D eigenvalue weighted by Gasteiger charge is -2.08. The molecule has 22 heavy (non-hydrogen) atoms. The Hall–Kier alpha value is -2.14. The van der Waals surface area contributed by atoms with Crippen LogP contribution in [0.1, 0.15) is 29.9 Å². The van der Waals surface area contributed by atoms with Gasteiger partial charge in [-0.2, -0.15) is 0 Å². The van der Waals surface area contributed by atoms with E-state index in [1.807, 2.05) is 38.1 Å². The van der Waals surface area contributed by atoms with Crippen LogP contribution in [-0.2, 0) is 6.42 Å². The molecule has 2 rings (SSSR count). The molecule has 6 heteroatoms. The zero-order chi connectivity index (χ0) is 15.9. The monoisotopic (exact) mass is 318 g/mol. The number of carbonyl (C=O) groups is 1. The van der Waals surface area contributed by atoms with Crippen molar-refractivity contribution in [2.45, 2.75) is 26.3 Å². The highest BCUT2D eigenvalue weighted by Gasteiger charge is 2.08. The van der Waals surface area contributed by atoms with Crippen molar-refractivity contribution in [3.05, 3.63) is 52.7 Å². The molecular formula is C16H19ClN4O. The average molecular weight is 319 g/mol. The quantitative estimate of drug-likeness (QED) is 0.859. The molecule has 0 saturated heterocycles. The molecule has 2 aromatic rings. The van der Waals surface area contributed by atoms with Crippen molar-refractivity contribution in [3.63, 3.8) is 0 Å². The van der Waals surface area contributed by atoms with Crippen LogP contribution in [0.3, 0.4) is 0 Å². The van der Waals surface area contributed by atoms with Crippen LogP contribution < -0.4 is 10.6 Å². The molecule has 0 saturated carbocycles. The van der Waals surface area contributed by atoms with Crippen LogP contribution in [0.15, 0.2) is 36.4 Å². The Morgan fingerprint density at radius 2 is 1.86 bits per heavy atom. The molecule has 0 aliphatic rings. The number of anilines is 1. The molecule has 0 unspecified atom stereocenters. The molecule has 0 fully saturated rings. The second-order valence-electron chi connectivity index (χ2n) is 5.24. The summed E-state index contributed by atoms with van der Waals surface area (Å²) in [6.07, 6.45) is 0.739. The van der Waals surface area contributed by atoms with Crippen LogP contribution in [0.5, 0.6) is 0 Å². The van der Waals surface area contributed by atoms with E-state index in [2.05, 4.69) is 20.8 Å². The van der Waals surface area contributed by atoms with Crippen molar-refractivity contribution in [2.24, 2.45) is 0 Å². The Kier molecular flexibility index (Phi) is 5.72. The van der Waals surface area contributed by atoms with E-state index in [1.165, 1.54) is 0 Å². The zero-order valence-electron chi connectivity index (χ0n) is 12.6. The first-order valence-electron chi connectivity index (χ1n) is 7.17. The molecule has 0 atom stereocenters. The van der Waals surface area contributed by atoms with Gasteiger partial charge in [-0.3, -0.25) is 4.79 Å². The molecule has 1 heterocycles. The minimum absolute atomic E-state index is 0.224. The van der Waals surface area contributed by atoms with Gasteiger partial charge in [-0.1, -0.05) is 23.7 Å². The standard InChI is InChI=1S/C16H19ClN4O/c1-11(2)19-15-8-7-14(20-21-15)16(22)18-10-9-12-3-5-13(17)6-4-12/h3-8,11H,9-10H2,1-2H3,(H,18,22)(H,19,21). The topological polar surface area (TPSA) is 66.9 Å². The van der Waals surface area contributed by atoms with Crippen LogP contribution in [0.25, 0.3) is 0 Å². The Morgan fingerprint density at radius 1 is 1.14 bits per heavy atom. The third kappa shape index (κ3) is 5.00. The van der Waals surface area contributed by atoms with Crippen LogP contribution in [0.4, 0.5) is 5.82 Å². The predicted octanol–water partition coefficient (Wildman–Crippen LogP) is 2.92. The molecule has 0 bridgehead atoms. The fourth-order valence-corrected chi connectivity index (χ4v) is 2.01. The lowest BCUT2D eigenvalue weighted by molar-refractivity contribution is 0.0948. The molecule has 0 aliphatic carbocycles. The third-order valence-electron chi connectivity index (χ3n) is 2.95. The minimum Gasteiger partial charge on any atom is -0.366 e. The summed E-state index contributed by atoms with van der Waals surface area (Å²) in [5, 5.41) is 14.6. The first kappa shape index (κ1) is 16.2. The van der Waals surface area contributed by atoms with E-state index in [0.29, 0.717) is 23.1 Å². The lowest BCUT2D eigenvalue weighted by atomic mass is 10.1. The number of aromatic nitrogens is 2. The molecule has 1 amide bonds. The lowest BCUT2D eigenvalue weighted by Crippen LogP contribution is -2.27. The molecule has 0 radical (unpaired) electrons. The van der Waals surface area contributed by atoms with Crippen molar-refractivity contribution in [2.75, 3.05) is 11.9 Å². The van der Waals surface area contributed by atoms with E-state index in [1.54, 1.807) is 12.1 Å². The van der Waals surface area contributed by atoms with E-state index < -0.39 is 0 Å². The molecule has 0 aliphatic heterocycles. The van der Waals surface area contributed by atoms with E-state index >= 15 is 0 Å². The van der Waals surface area contributed by atoms with Gasteiger partial charge in [-0.25, -0.2) is 0 Å². The number of nitrogens with one attached hydrogen (secondary N) is 2. The van der Waals surface area contributed by atoms with E-state index in [4.69, 9.17) is 11.6 Å². The largest absolute Gasteiger partial charge is 0.366 e. The van der Waals surface area contributed by atoms with Gasteiger partial charge in [0.05, 0.1) is 0 Å². The van der Waals surface area contributed by atoms with Crippen LogP contribution >= 0.6 is 11.6 Å². The predicted molar refractivity (Wildman–Crippen MR) is 88.3 cm³/mol. The fraction of sp³-hybridized carbons (Fsp3) is 0.312. The maximum atomic E-state index is 12.0. The van der Waals surface area contributed by atoms with Gasteiger partial charge in [-0.05, 0) is 50.1 Å². The fourth-order valence-electron chi connectivity index (χ4n) is 1.89. The summed E-state index contributed by atoms with van der Waals surface area (Å²) in [4.78, 5) is 12.0.